The number of hydrogen-bond acceptors (Lipinski definition) is 9. The third-order valence-electron chi connectivity index (χ3n) is 4.66. The van der Waals surface area contributed by atoms with Gasteiger partial charge in [0.15, 0.2) is 0 Å². The van der Waals surface area contributed by atoms with E-state index in [0.29, 0.717) is 69.9 Å². The highest BCUT2D eigenvalue weighted by molar-refractivity contribution is 6.06. The lowest BCUT2D eigenvalue weighted by atomic mass is 10.2. The second-order valence-electron chi connectivity index (χ2n) is 7.18. The Labute approximate surface area is 199 Å². The van der Waals surface area contributed by atoms with E-state index in [4.69, 9.17) is 29.4 Å². The van der Waals surface area contributed by atoms with Crippen LogP contribution in [0, 0.1) is 0 Å². The van der Waals surface area contributed by atoms with Crippen molar-refractivity contribution in [2.75, 3.05) is 83.3 Å². The maximum absolute atomic E-state index is 12.2. The van der Waals surface area contributed by atoms with Crippen LogP contribution in [-0.2, 0) is 28.5 Å². The zero-order valence-electron chi connectivity index (χ0n) is 19.5. The summed E-state index contributed by atoms with van der Waals surface area (Å²) < 4.78 is 26.7. The summed E-state index contributed by atoms with van der Waals surface area (Å²) >= 11 is 0. The van der Waals surface area contributed by atoms with Crippen LogP contribution in [0.1, 0.15) is 12.8 Å². The summed E-state index contributed by atoms with van der Waals surface area (Å²) in [6, 6.07) is 4.45. The highest BCUT2D eigenvalue weighted by atomic mass is 16.6. The van der Waals surface area contributed by atoms with Crippen LogP contribution in [-0.4, -0.2) is 90.9 Å². The molecule has 0 aliphatic carbocycles. The zero-order chi connectivity index (χ0) is 24.6. The molecule has 0 saturated carbocycles. The van der Waals surface area contributed by atoms with Crippen molar-refractivity contribution in [1.29, 1.82) is 0 Å². The summed E-state index contributed by atoms with van der Waals surface area (Å²) in [6.07, 6.45) is 0.379. The normalized spacial score (nSPS) is 13.6. The van der Waals surface area contributed by atoms with E-state index >= 15 is 0 Å². The molecular formula is C22H34N4O8. The van der Waals surface area contributed by atoms with Gasteiger partial charge in [-0.1, -0.05) is 0 Å². The minimum absolute atomic E-state index is 0.173. The fraction of sp³-hybridized carbons (Fsp3) is 0.591. The van der Waals surface area contributed by atoms with Gasteiger partial charge >= 0.3 is 6.03 Å². The van der Waals surface area contributed by atoms with E-state index in [9.17, 15) is 14.4 Å². The van der Waals surface area contributed by atoms with Gasteiger partial charge in [0.25, 0.3) is 0 Å². The number of nitrogens with one attached hydrogen (secondary N) is 2. The zero-order valence-corrected chi connectivity index (χ0v) is 19.5. The van der Waals surface area contributed by atoms with E-state index in [0.717, 1.165) is 0 Å². The number of methoxy groups -OCH3 is 1. The number of rotatable bonds is 17. The molecule has 4 N–H and O–H groups in total. The lowest BCUT2D eigenvalue weighted by molar-refractivity contribution is -0.120. The molecule has 0 unspecified atom stereocenters. The van der Waals surface area contributed by atoms with Crippen molar-refractivity contribution in [3.05, 3.63) is 18.2 Å². The number of nitrogens with zero attached hydrogens (tertiary/aromatic N) is 1. The molecule has 12 nitrogen and oxygen atoms in total. The summed E-state index contributed by atoms with van der Waals surface area (Å²) in [4.78, 5) is 37.0. The Bertz CT molecular complexity index is 792. The molecule has 0 atom stereocenters. The third kappa shape index (κ3) is 10.0. The number of benzene rings is 1. The highest BCUT2D eigenvalue weighted by Gasteiger charge is 2.26. The Kier molecular flexibility index (Phi) is 12.9. The molecule has 0 bridgehead atoms. The van der Waals surface area contributed by atoms with Gasteiger partial charge in [0, 0.05) is 31.3 Å². The van der Waals surface area contributed by atoms with Crippen molar-refractivity contribution in [2.24, 2.45) is 5.73 Å². The van der Waals surface area contributed by atoms with Crippen LogP contribution in [0.25, 0.3) is 0 Å². The number of anilines is 2. The monoisotopic (exact) mass is 482 g/mol. The number of nitrogens with two attached hydrogens (primary N) is 1. The highest BCUT2D eigenvalue weighted by Crippen LogP contribution is 2.32. The molecule has 0 aromatic heterocycles. The third-order valence-corrected chi connectivity index (χ3v) is 4.66. The Morgan fingerprint density at radius 2 is 1.62 bits per heavy atom. The van der Waals surface area contributed by atoms with Gasteiger partial charge < -0.3 is 34.7 Å². The number of carbonyl (C=O) groups excluding carboxylic acids is 3. The molecule has 12 heteroatoms. The predicted octanol–water partition coefficient (Wildman–Crippen LogP) is 0.495. The number of carbonyl (C=O) groups is 3. The minimum atomic E-state index is -0.507. The summed E-state index contributed by atoms with van der Waals surface area (Å²) in [5, 5.41) is 5.04. The van der Waals surface area contributed by atoms with E-state index in [-0.39, 0.29) is 37.8 Å². The maximum Gasteiger partial charge on any atom is 0.328 e. The van der Waals surface area contributed by atoms with Gasteiger partial charge in [0.2, 0.25) is 11.8 Å². The molecule has 1 aromatic carbocycles. The van der Waals surface area contributed by atoms with Gasteiger partial charge in [-0.2, -0.15) is 0 Å². The average Bonchev–Trinajstić information content (AvgIpc) is 2.82. The average molecular weight is 483 g/mol. The first kappa shape index (κ1) is 27.5. The molecule has 1 saturated heterocycles. The second kappa shape index (κ2) is 16.0. The van der Waals surface area contributed by atoms with Crippen LogP contribution in [0.3, 0.4) is 0 Å². The molecule has 0 spiro atoms. The number of urea groups is 1. The lowest BCUT2D eigenvalue weighted by Crippen LogP contribution is -2.49. The van der Waals surface area contributed by atoms with Crippen LogP contribution in [0.2, 0.25) is 0 Å². The Balaban J connectivity index is 1.59. The smallest absolute Gasteiger partial charge is 0.328 e. The van der Waals surface area contributed by atoms with Crippen LogP contribution in [0.5, 0.6) is 5.75 Å². The Morgan fingerprint density at radius 3 is 2.21 bits per heavy atom. The molecule has 1 aliphatic heterocycles. The largest absolute Gasteiger partial charge is 0.494 e. The quantitative estimate of drug-likeness (QED) is 0.270. The molecule has 0 radical (unpaired) electrons. The van der Waals surface area contributed by atoms with E-state index in [1.165, 1.54) is 12.0 Å². The van der Waals surface area contributed by atoms with Crippen LogP contribution in [0.4, 0.5) is 16.2 Å². The van der Waals surface area contributed by atoms with Gasteiger partial charge in [-0.25, -0.2) is 4.79 Å². The van der Waals surface area contributed by atoms with Crippen LogP contribution >= 0.6 is 0 Å². The van der Waals surface area contributed by atoms with E-state index < -0.39 is 6.03 Å². The summed E-state index contributed by atoms with van der Waals surface area (Å²) in [5.74, 6) is -0.128. The van der Waals surface area contributed by atoms with E-state index in [1.807, 2.05) is 0 Å². The molecule has 4 amide bonds. The molecular weight excluding hydrogens is 448 g/mol. The Morgan fingerprint density at radius 1 is 1.00 bits per heavy atom. The van der Waals surface area contributed by atoms with Gasteiger partial charge in [0.05, 0.1) is 72.1 Å². The maximum atomic E-state index is 12.2. The predicted molar refractivity (Wildman–Crippen MR) is 124 cm³/mol. The van der Waals surface area contributed by atoms with Crippen LogP contribution in [0.15, 0.2) is 18.2 Å². The molecule has 34 heavy (non-hydrogen) atoms. The van der Waals surface area contributed by atoms with Crippen molar-refractivity contribution in [2.45, 2.75) is 12.8 Å². The first-order valence-electron chi connectivity index (χ1n) is 11.2. The summed E-state index contributed by atoms with van der Waals surface area (Å²) in [6.45, 7) is 4.24. The SMILES string of the molecule is COc1cc(NC(=O)CCOCCOCCOCCOCCN)ccc1N1CCC(=O)NC1=O. The number of hydrogen-bond donors (Lipinski definition) is 3. The number of ether oxygens (including phenoxy) is 5. The standard InChI is InChI=1S/C22H34N4O8/c1-30-19-16-17(2-3-18(19)26-7-4-20(27)25-22(26)29)24-21(28)5-8-31-10-12-33-14-15-34-13-11-32-9-6-23/h2-3,16H,4-15,23H2,1H3,(H,24,28)(H,25,27,29). The topological polar surface area (TPSA) is 151 Å². The first-order valence-corrected chi connectivity index (χ1v) is 11.2. The van der Waals surface area contributed by atoms with E-state index in [1.54, 1.807) is 18.2 Å². The van der Waals surface area contributed by atoms with E-state index in [2.05, 4.69) is 10.6 Å². The Hall–Kier alpha value is -2.77. The molecule has 2 rings (SSSR count). The van der Waals surface area contributed by atoms with Gasteiger partial charge in [0.1, 0.15) is 5.75 Å². The van der Waals surface area contributed by atoms with Crippen LogP contribution < -0.4 is 26.0 Å². The fourth-order valence-corrected chi connectivity index (χ4v) is 3.01. The van der Waals surface area contributed by atoms with Gasteiger partial charge in [-0.05, 0) is 12.1 Å². The number of amides is 4. The van der Waals surface area contributed by atoms with Crippen molar-refractivity contribution in [3.63, 3.8) is 0 Å². The number of imide groups is 1. The molecule has 1 heterocycles. The second-order valence-corrected chi connectivity index (χ2v) is 7.18. The van der Waals surface area contributed by atoms with Gasteiger partial charge in [-0.3, -0.25) is 19.8 Å². The molecule has 1 fully saturated rings. The molecule has 190 valence electrons. The lowest BCUT2D eigenvalue weighted by Gasteiger charge is -2.28. The summed E-state index contributed by atoms with van der Waals surface area (Å²) in [5.41, 5.74) is 6.35. The molecule has 1 aromatic rings. The van der Waals surface area contributed by atoms with Crippen molar-refractivity contribution < 1.29 is 38.1 Å². The van der Waals surface area contributed by atoms with Gasteiger partial charge in [-0.15, -0.1) is 0 Å². The minimum Gasteiger partial charge on any atom is -0.494 e. The van der Waals surface area contributed by atoms with Crippen molar-refractivity contribution in [1.82, 2.24) is 5.32 Å². The molecule has 1 aliphatic rings. The van der Waals surface area contributed by atoms with Crippen molar-refractivity contribution in [3.8, 4) is 5.75 Å². The fourth-order valence-electron chi connectivity index (χ4n) is 3.01. The first-order chi connectivity index (χ1) is 16.5. The van der Waals surface area contributed by atoms with Crippen molar-refractivity contribution >= 4 is 29.2 Å². The summed E-state index contributed by atoms with van der Waals surface area (Å²) in [7, 11) is 1.47.